The van der Waals surface area contributed by atoms with Gasteiger partial charge in [0.05, 0.1) is 24.2 Å². The Morgan fingerprint density at radius 2 is 1.79 bits per heavy atom. The largest absolute Gasteiger partial charge is 0.495 e. The minimum atomic E-state index is -3.61. The van der Waals surface area contributed by atoms with E-state index in [0.717, 1.165) is 31.2 Å². The number of anilines is 1. The number of benzene rings is 2. The minimum Gasteiger partial charge on any atom is -0.495 e. The number of carbonyl (C=O) groups excluding carboxylic acids is 1. The van der Waals surface area contributed by atoms with Crippen LogP contribution in [0.15, 0.2) is 41.3 Å². The summed E-state index contributed by atoms with van der Waals surface area (Å²) in [5, 5.41) is 5.84. The number of nitrogens with one attached hydrogen (secondary N) is 2. The molecular weight excluding hydrogens is 446 g/mol. The van der Waals surface area contributed by atoms with Crippen molar-refractivity contribution in [1.82, 2.24) is 9.62 Å². The second-order valence-electron chi connectivity index (χ2n) is 8.00. The maximum absolute atomic E-state index is 13.1. The molecule has 2 aromatic carbocycles. The van der Waals surface area contributed by atoms with Gasteiger partial charge in [-0.3, -0.25) is 4.79 Å². The van der Waals surface area contributed by atoms with Crippen LogP contribution in [0.3, 0.4) is 0 Å². The monoisotopic (exact) mass is 475 g/mol. The van der Waals surface area contributed by atoms with Gasteiger partial charge in [0, 0.05) is 19.6 Å². The molecule has 0 radical (unpaired) electrons. The normalized spacial score (nSPS) is 16.2. The molecule has 1 saturated heterocycles. The molecule has 178 valence electrons. The van der Waals surface area contributed by atoms with Gasteiger partial charge >= 0.3 is 0 Å². The van der Waals surface area contributed by atoms with E-state index in [1.807, 2.05) is 18.2 Å². The van der Waals surface area contributed by atoms with Crippen molar-refractivity contribution >= 4 is 21.6 Å². The van der Waals surface area contributed by atoms with E-state index in [-0.39, 0.29) is 24.1 Å². The van der Waals surface area contributed by atoms with Crippen LogP contribution in [0, 0.1) is 0 Å². The molecule has 33 heavy (non-hydrogen) atoms. The van der Waals surface area contributed by atoms with Crippen LogP contribution in [0.1, 0.15) is 31.2 Å². The van der Waals surface area contributed by atoms with E-state index in [4.69, 9.17) is 14.2 Å². The molecule has 0 aromatic heterocycles. The van der Waals surface area contributed by atoms with Crippen molar-refractivity contribution < 1.29 is 27.4 Å². The van der Waals surface area contributed by atoms with E-state index in [2.05, 4.69) is 10.6 Å². The van der Waals surface area contributed by atoms with Crippen molar-refractivity contribution in [1.29, 1.82) is 0 Å². The summed E-state index contributed by atoms with van der Waals surface area (Å²) in [7, 11) is -2.10. The molecule has 1 fully saturated rings. The number of amides is 1. The maximum Gasteiger partial charge on any atom is 0.243 e. The highest BCUT2D eigenvalue weighted by molar-refractivity contribution is 7.89. The van der Waals surface area contributed by atoms with Crippen molar-refractivity contribution in [3.05, 3.63) is 42.0 Å². The summed E-state index contributed by atoms with van der Waals surface area (Å²) in [4.78, 5) is 12.6. The highest BCUT2D eigenvalue weighted by Gasteiger charge is 2.26. The number of nitrogens with zero attached hydrogens (tertiary/aromatic N) is 1. The number of fused-ring (bicyclic) bond motifs is 1. The first kappa shape index (κ1) is 23.2. The highest BCUT2D eigenvalue weighted by Crippen LogP contribution is 2.32. The standard InChI is InChI=1S/C23H29N3O6S/c1-30-20-9-7-18(33(28,29)26-10-4-2-3-5-11-26)13-19(20)24-15-23(27)25-14-17-6-8-21-22(12-17)32-16-31-21/h6-9,12-13,24H,2-5,10-11,14-16H2,1H3,(H,25,27). The third-order valence-corrected chi connectivity index (χ3v) is 7.63. The van der Waals surface area contributed by atoms with Crippen LogP contribution < -0.4 is 24.8 Å². The Morgan fingerprint density at radius 3 is 2.55 bits per heavy atom. The van der Waals surface area contributed by atoms with E-state index in [0.29, 0.717) is 42.6 Å². The van der Waals surface area contributed by atoms with Gasteiger partial charge in [0.25, 0.3) is 0 Å². The summed E-state index contributed by atoms with van der Waals surface area (Å²) in [6, 6.07) is 10.2. The number of carbonyl (C=O) groups is 1. The summed E-state index contributed by atoms with van der Waals surface area (Å²) in [5.74, 6) is 1.57. The van der Waals surface area contributed by atoms with Gasteiger partial charge in [-0.2, -0.15) is 4.31 Å². The van der Waals surface area contributed by atoms with E-state index in [1.165, 1.54) is 13.2 Å². The number of rotatable bonds is 8. The Labute approximate surface area is 194 Å². The first-order chi connectivity index (χ1) is 16.0. The number of hydrogen-bond acceptors (Lipinski definition) is 7. The highest BCUT2D eigenvalue weighted by atomic mass is 32.2. The van der Waals surface area contributed by atoms with E-state index < -0.39 is 10.0 Å². The predicted molar refractivity (Wildman–Crippen MR) is 123 cm³/mol. The van der Waals surface area contributed by atoms with E-state index >= 15 is 0 Å². The van der Waals surface area contributed by atoms with Crippen molar-refractivity contribution in [2.45, 2.75) is 37.1 Å². The lowest BCUT2D eigenvalue weighted by molar-refractivity contribution is -0.119. The Hall–Kier alpha value is -2.98. The molecule has 0 aliphatic carbocycles. The average molecular weight is 476 g/mol. The Balaban J connectivity index is 1.39. The van der Waals surface area contributed by atoms with Crippen molar-refractivity contribution in [2.24, 2.45) is 0 Å². The third kappa shape index (κ3) is 5.51. The quantitative estimate of drug-likeness (QED) is 0.605. The molecule has 4 rings (SSSR count). The van der Waals surface area contributed by atoms with Crippen LogP contribution in [-0.4, -0.2) is 52.2 Å². The molecule has 0 unspecified atom stereocenters. The zero-order valence-electron chi connectivity index (χ0n) is 18.6. The van der Waals surface area contributed by atoms with Crippen molar-refractivity contribution in [3.63, 3.8) is 0 Å². The van der Waals surface area contributed by atoms with Crippen molar-refractivity contribution in [3.8, 4) is 17.2 Å². The first-order valence-electron chi connectivity index (χ1n) is 11.0. The van der Waals surface area contributed by atoms with Crippen LogP contribution in [-0.2, 0) is 21.4 Å². The van der Waals surface area contributed by atoms with Crippen LogP contribution in [0.25, 0.3) is 0 Å². The van der Waals surface area contributed by atoms with Gasteiger partial charge in [-0.05, 0) is 48.7 Å². The smallest absolute Gasteiger partial charge is 0.243 e. The molecular formula is C23H29N3O6S. The fraction of sp³-hybridized carbons (Fsp3) is 0.435. The summed E-state index contributed by atoms with van der Waals surface area (Å²) < 4.78 is 43.8. The third-order valence-electron chi connectivity index (χ3n) is 5.74. The number of sulfonamides is 1. The average Bonchev–Trinajstić information content (AvgIpc) is 3.11. The van der Waals surface area contributed by atoms with Gasteiger partial charge in [-0.1, -0.05) is 18.9 Å². The number of hydrogen-bond donors (Lipinski definition) is 2. The minimum absolute atomic E-state index is 0.0336. The van der Waals surface area contributed by atoms with Crippen LogP contribution >= 0.6 is 0 Å². The summed E-state index contributed by atoms with van der Waals surface area (Å²) >= 11 is 0. The molecule has 9 nitrogen and oxygen atoms in total. The molecule has 2 aromatic rings. The molecule has 1 amide bonds. The Bertz CT molecular complexity index is 1100. The van der Waals surface area contributed by atoms with Crippen LogP contribution in [0.2, 0.25) is 0 Å². The number of ether oxygens (including phenoxy) is 3. The van der Waals surface area contributed by atoms with Gasteiger partial charge in [-0.15, -0.1) is 0 Å². The van der Waals surface area contributed by atoms with Gasteiger partial charge in [0.2, 0.25) is 22.7 Å². The maximum atomic E-state index is 13.1. The molecule has 0 atom stereocenters. The lowest BCUT2D eigenvalue weighted by atomic mass is 10.2. The molecule has 2 aliphatic heterocycles. The SMILES string of the molecule is COc1ccc(S(=O)(=O)N2CCCCCC2)cc1NCC(=O)NCc1ccc2c(c1)OCO2. The Morgan fingerprint density at radius 1 is 1.03 bits per heavy atom. The molecule has 0 spiro atoms. The second-order valence-corrected chi connectivity index (χ2v) is 9.94. The van der Waals surface area contributed by atoms with Crippen molar-refractivity contribution in [2.75, 3.05) is 38.9 Å². The molecule has 0 bridgehead atoms. The second kappa shape index (κ2) is 10.3. The fourth-order valence-corrected chi connectivity index (χ4v) is 5.45. The van der Waals surface area contributed by atoms with E-state index in [9.17, 15) is 13.2 Å². The first-order valence-corrected chi connectivity index (χ1v) is 12.5. The fourth-order valence-electron chi connectivity index (χ4n) is 3.91. The Kier molecular flexibility index (Phi) is 7.24. The molecule has 2 aliphatic rings. The summed E-state index contributed by atoms with van der Waals surface area (Å²) in [6.45, 7) is 1.55. The topological polar surface area (TPSA) is 106 Å². The zero-order valence-corrected chi connectivity index (χ0v) is 19.4. The summed E-state index contributed by atoms with van der Waals surface area (Å²) in [6.07, 6.45) is 3.82. The molecule has 2 N–H and O–H groups in total. The predicted octanol–water partition coefficient (Wildman–Crippen LogP) is 2.72. The summed E-state index contributed by atoms with van der Waals surface area (Å²) in [5.41, 5.74) is 1.34. The lowest BCUT2D eigenvalue weighted by Gasteiger charge is -2.21. The zero-order chi connectivity index (χ0) is 23.3. The molecule has 0 saturated carbocycles. The number of methoxy groups -OCH3 is 1. The van der Waals surface area contributed by atoms with Gasteiger partial charge in [0.1, 0.15) is 5.75 Å². The molecule has 2 heterocycles. The van der Waals surface area contributed by atoms with Crippen LogP contribution in [0.4, 0.5) is 5.69 Å². The molecule has 10 heteroatoms. The van der Waals surface area contributed by atoms with E-state index in [1.54, 1.807) is 16.4 Å². The van der Waals surface area contributed by atoms with Gasteiger partial charge in [-0.25, -0.2) is 8.42 Å². The van der Waals surface area contributed by atoms with Crippen LogP contribution in [0.5, 0.6) is 17.2 Å². The van der Waals surface area contributed by atoms with Gasteiger partial charge in [0.15, 0.2) is 11.5 Å². The van der Waals surface area contributed by atoms with Gasteiger partial charge < -0.3 is 24.8 Å². The lowest BCUT2D eigenvalue weighted by Crippen LogP contribution is -2.32.